The topological polar surface area (TPSA) is 72.1 Å². The van der Waals surface area contributed by atoms with E-state index in [1.165, 1.54) is 0 Å². The minimum Gasteiger partial charge on any atom is -0.426 e. The molecule has 2 N–H and O–H groups in total. The Balaban J connectivity index is 1.61. The van der Waals surface area contributed by atoms with Crippen LogP contribution in [0.3, 0.4) is 0 Å². The van der Waals surface area contributed by atoms with Crippen molar-refractivity contribution >= 4 is 22.6 Å². The summed E-state index contributed by atoms with van der Waals surface area (Å²) < 4.78 is 2.86. The Morgan fingerprint density at radius 2 is 1.88 bits per heavy atom. The Morgan fingerprint density at radius 3 is 2.58 bits per heavy atom. The highest BCUT2D eigenvalue weighted by molar-refractivity contribution is 6.03. The number of amides is 1. The highest BCUT2D eigenvalue weighted by atomic mass is 16.5. The van der Waals surface area contributed by atoms with Crippen LogP contribution < -0.4 is 5.32 Å². The number of nitrogens with one attached hydrogen (secondary N) is 1. The Kier molecular flexibility index (Phi) is 3.73. The highest BCUT2D eigenvalue weighted by Crippen LogP contribution is 2.25. The van der Waals surface area contributed by atoms with Crippen LogP contribution in [0.5, 0.6) is 0 Å². The van der Waals surface area contributed by atoms with Gasteiger partial charge >= 0.3 is 0 Å². The van der Waals surface area contributed by atoms with Crippen molar-refractivity contribution < 1.29 is 10.0 Å². The molecule has 1 amide bonds. The number of rotatable bonds is 3. The lowest BCUT2D eigenvalue weighted by Gasteiger charge is -2.07. The van der Waals surface area contributed by atoms with Crippen LogP contribution in [0.2, 0.25) is 0 Å². The third-order valence-electron chi connectivity index (χ3n) is 4.36. The van der Waals surface area contributed by atoms with Gasteiger partial charge in [-0.15, -0.1) is 0 Å². The lowest BCUT2D eigenvalue weighted by molar-refractivity contribution is 0.101. The zero-order valence-corrected chi connectivity index (χ0v) is 14.5. The van der Waals surface area contributed by atoms with Crippen molar-refractivity contribution in [1.82, 2.24) is 14.3 Å². The van der Waals surface area contributed by atoms with Gasteiger partial charge in [0.1, 0.15) is 11.2 Å². The van der Waals surface area contributed by atoms with E-state index in [0.717, 1.165) is 21.4 Å². The molecule has 4 aromatic rings. The van der Waals surface area contributed by atoms with E-state index < -0.39 is 0 Å². The molecule has 0 aliphatic heterocycles. The van der Waals surface area contributed by atoms with Gasteiger partial charge in [-0.25, -0.2) is 4.98 Å². The van der Waals surface area contributed by atoms with Gasteiger partial charge in [0.2, 0.25) is 0 Å². The summed E-state index contributed by atoms with van der Waals surface area (Å²) in [5.74, 6) is 0.293. The number of aryl methyl sites for hydroxylation is 2. The lowest BCUT2D eigenvalue weighted by atomic mass is 10.2. The molecule has 0 atom stereocenters. The van der Waals surface area contributed by atoms with Crippen molar-refractivity contribution in [2.24, 2.45) is 7.05 Å². The van der Waals surface area contributed by atoms with Crippen LogP contribution in [0.15, 0.2) is 60.8 Å². The molecule has 0 unspecified atom stereocenters. The number of anilines is 1. The van der Waals surface area contributed by atoms with E-state index >= 15 is 0 Å². The largest absolute Gasteiger partial charge is 0.426 e. The summed E-state index contributed by atoms with van der Waals surface area (Å²) in [5, 5.41) is 13.3. The van der Waals surface area contributed by atoms with Gasteiger partial charge in [-0.3, -0.25) is 4.79 Å². The third kappa shape index (κ3) is 2.71. The smallest absolute Gasteiger partial charge is 0.272 e. The van der Waals surface area contributed by atoms with Gasteiger partial charge in [0.25, 0.3) is 5.91 Å². The maximum Gasteiger partial charge on any atom is 0.272 e. The first-order valence-corrected chi connectivity index (χ1v) is 8.24. The van der Waals surface area contributed by atoms with Gasteiger partial charge in [0.15, 0.2) is 5.82 Å². The first-order chi connectivity index (χ1) is 12.5. The fourth-order valence-corrected chi connectivity index (χ4v) is 2.95. The minimum atomic E-state index is -0.171. The number of fused-ring (bicyclic) bond motifs is 1. The molecule has 0 saturated carbocycles. The number of carbonyl (C=O) groups is 1. The van der Waals surface area contributed by atoms with E-state index in [1.54, 1.807) is 22.8 Å². The Labute approximate surface area is 150 Å². The van der Waals surface area contributed by atoms with Crippen LogP contribution in [0.25, 0.3) is 22.4 Å². The van der Waals surface area contributed by atoms with E-state index in [2.05, 4.69) is 10.3 Å². The highest BCUT2D eigenvalue weighted by Gasteiger charge is 2.13. The first-order valence-electron chi connectivity index (χ1n) is 8.24. The molecule has 0 saturated heterocycles. The van der Waals surface area contributed by atoms with E-state index in [4.69, 9.17) is 0 Å². The zero-order valence-electron chi connectivity index (χ0n) is 14.5. The predicted octanol–water partition coefficient (Wildman–Crippen LogP) is 3.84. The summed E-state index contributed by atoms with van der Waals surface area (Å²) in [6.07, 6.45) is 1.82. The second-order valence-corrected chi connectivity index (χ2v) is 6.28. The van der Waals surface area contributed by atoms with Gasteiger partial charge in [0, 0.05) is 24.5 Å². The molecule has 130 valence electrons. The number of aromatic nitrogens is 3. The van der Waals surface area contributed by atoms with Crippen LogP contribution in [0.1, 0.15) is 16.1 Å². The number of benzene rings is 2. The molecule has 2 aromatic heterocycles. The number of nitrogens with zero attached hydrogens (tertiary/aromatic N) is 3. The van der Waals surface area contributed by atoms with Crippen molar-refractivity contribution in [2.45, 2.75) is 6.92 Å². The van der Waals surface area contributed by atoms with Gasteiger partial charge in [-0.2, -0.15) is 4.73 Å². The predicted molar refractivity (Wildman–Crippen MR) is 100 cm³/mol. The fourth-order valence-electron chi connectivity index (χ4n) is 2.95. The molecular weight excluding hydrogens is 328 g/mol. The molecule has 2 heterocycles. The monoisotopic (exact) mass is 346 g/mol. The van der Waals surface area contributed by atoms with Gasteiger partial charge < -0.3 is 15.1 Å². The minimum absolute atomic E-state index is 0.171. The second-order valence-electron chi connectivity index (χ2n) is 6.28. The molecule has 0 fully saturated rings. The Bertz CT molecular complexity index is 1110. The van der Waals surface area contributed by atoms with E-state index in [1.807, 2.05) is 56.6 Å². The van der Waals surface area contributed by atoms with E-state index in [9.17, 15) is 10.0 Å². The normalized spacial score (nSPS) is 11.0. The molecular formula is C20H18N4O2. The van der Waals surface area contributed by atoms with Crippen molar-refractivity contribution in [2.75, 3.05) is 5.32 Å². The summed E-state index contributed by atoms with van der Waals surface area (Å²) in [6, 6.07) is 16.5. The molecule has 0 aliphatic rings. The van der Waals surface area contributed by atoms with Crippen molar-refractivity contribution in [3.05, 3.63) is 72.1 Å². The van der Waals surface area contributed by atoms with Gasteiger partial charge in [0.05, 0.1) is 5.52 Å². The molecule has 0 aliphatic carbocycles. The summed E-state index contributed by atoms with van der Waals surface area (Å²) in [5.41, 5.74) is 4.48. The van der Waals surface area contributed by atoms with Crippen LogP contribution in [0, 0.1) is 6.92 Å². The van der Waals surface area contributed by atoms with Crippen molar-refractivity contribution in [1.29, 1.82) is 0 Å². The van der Waals surface area contributed by atoms with E-state index in [0.29, 0.717) is 22.7 Å². The maximum absolute atomic E-state index is 12.3. The summed E-state index contributed by atoms with van der Waals surface area (Å²) in [4.78, 5) is 16.8. The average Bonchev–Trinajstić information content (AvgIpc) is 3.20. The maximum atomic E-state index is 12.3. The Hall–Kier alpha value is -3.54. The summed E-state index contributed by atoms with van der Waals surface area (Å²) in [7, 11) is 1.82. The molecule has 0 spiro atoms. The van der Waals surface area contributed by atoms with Crippen LogP contribution in [0.4, 0.5) is 5.69 Å². The van der Waals surface area contributed by atoms with Gasteiger partial charge in [-0.05, 0) is 61.0 Å². The van der Waals surface area contributed by atoms with Crippen molar-refractivity contribution in [3.63, 3.8) is 0 Å². The molecule has 0 radical (unpaired) electrons. The van der Waals surface area contributed by atoms with E-state index in [-0.39, 0.29) is 5.91 Å². The SMILES string of the molecule is Cc1ccc2nc(-c3ccc(NC(=O)c4cccn4C)cc3)n(O)c2c1. The number of hydrogen-bond donors (Lipinski definition) is 2. The van der Waals surface area contributed by atoms with Crippen LogP contribution in [-0.2, 0) is 7.05 Å². The quantitative estimate of drug-likeness (QED) is 0.554. The average molecular weight is 346 g/mol. The molecule has 6 heteroatoms. The second kappa shape index (κ2) is 6.07. The number of hydrogen-bond acceptors (Lipinski definition) is 3. The van der Waals surface area contributed by atoms with Crippen LogP contribution in [-0.4, -0.2) is 25.4 Å². The molecule has 4 rings (SSSR count). The molecule has 0 bridgehead atoms. The molecule has 6 nitrogen and oxygen atoms in total. The summed E-state index contributed by atoms with van der Waals surface area (Å²) >= 11 is 0. The fraction of sp³-hybridized carbons (Fsp3) is 0.100. The number of imidazole rings is 1. The number of carbonyl (C=O) groups excluding carboxylic acids is 1. The van der Waals surface area contributed by atoms with Crippen molar-refractivity contribution in [3.8, 4) is 11.4 Å². The Morgan fingerprint density at radius 1 is 1.12 bits per heavy atom. The molecule has 2 aromatic carbocycles. The first kappa shape index (κ1) is 16.0. The zero-order chi connectivity index (χ0) is 18.3. The summed E-state index contributed by atoms with van der Waals surface area (Å²) in [6.45, 7) is 1.97. The standard InChI is InChI=1S/C20H18N4O2/c1-13-5-10-16-18(12-13)24(26)19(22-16)14-6-8-15(9-7-14)21-20(25)17-4-3-11-23(17)2/h3-12,26H,1-2H3,(H,21,25). The van der Waals surface area contributed by atoms with Crippen LogP contribution >= 0.6 is 0 Å². The van der Waals surface area contributed by atoms with Gasteiger partial charge in [-0.1, -0.05) is 6.07 Å². The lowest BCUT2D eigenvalue weighted by Crippen LogP contribution is -2.15. The molecule has 26 heavy (non-hydrogen) atoms. The third-order valence-corrected chi connectivity index (χ3v) is 4.36.